The van der Waals surface area contributed by atoms with Crippen LogP contribution in [0, 0.1) is 0 Å². The molecule has 0 saturated carbocycles. The van der Waals surface area contributed by atoms with Gasteiger partial charge in [-0.3, -0.25) is 9.59 Å². The summed E-state index contributed by atoms with van der Waals surface area (Å²) in [5.41, 5.74) is 7.43. The first-order chi connectivity index (χ1) is 12.1. The molecule has 0 bridgehead atoms. The molecule has 2 rings (SSSR count). The van der Waals surface area contributed by atoms with Crippen molar-refractivity contribution < 1.29 is 14.3 Å². The van der Waals surface area contributed by atoms with Crippen LogP contribution in [0.4, 0.5) is 0 Å². The average molecular weight is 340 g/mol. The van der Waals surface area contributed by atoms with E-state index in [4.69, 9.17) is 10.5 Å². The molecule has 5 nitrogen and oxygen atoms in total. The summed E-state index contributed by atoms with van der Waals surface area (Å²) in [5.74, 6) is -0.570. The fourth-order valence-electron chi connectivity index (χ4n) is 2.59. The van der Waals surface area contributed by atoms with Gasteiger partial charge in [0, 0.05) is 31.3 Å². The molecular weight excluding hydrogens is 316 g/mol. The molecule has 0 aromatic heterocycles. The number of nitrogens with two attached hydrogens (primary N) is 1. The maximum Gasteiger partial charge on any atom is 0.253 e. The van der Waals surface area contributed by atoms with Crippen LogP contribution in [-0.4, -0.2) is 43.5 Å². The fourth-order valence-corrected chi connectivity index (χ4v) is 2.59. The molecule has 0 spiro atoms. The summed E-state index contributed by atoms with van der Waals surface area (Å²) < 4.78 is 5.12. The van der Waals surface area contributed by atoms with E-state index in [1.165, 1.54) is 5.56 Å². The molecule has 2 amide bonds. The number of amides is 2. The van der Waals surface area contributed by atoms with Crippen LogP contribution < -0.4 is 5.73 Å². The summed E-state index contributed by atoms with van der Waals surface area (Å²) in [5, 5.41) is 0. The molecule has 0 atom stereocenters. The standard InChI is InChI=1S/C20H24N2O3/c1-25-15-14-22(13-5-8-16-6-3-2-4-7-16)20(24)18-11-9-17(10-12-18)19(21)23/h2-4,6-7,9-12H,5,8,13-15H2,1H3,(H2,21,23). The Kier molecular flexibility index (Phi) is 7.16. The highest BCUT2D eigenvalue weighted by molar-refractivity contribution is 5.97. The summed E-state index contributed by atoms with van der Waals surface area (Å²) in [6.45, 7) is 1.66. The van der Waals surface area contributed by atoms with Crippen molar-refractivity contribution >= 4 is 11.8 Å². The smallest absolute Gasteiger partial charge is 0.253 e. The van der Waals surface area contributed by atoms with Gasteiger partial charge in [0.2, 0.25) is 5.91 Å². The van der Waals surface area contributed by atoms with E-state index in [9.17, 15) is 9.59 Å². The topological polar surface area (TPSA) is 72.6 Å². The summed E-state index contributed by atoms with van der Waals surface area (Å²) >= 11 is 0. The largest absolute Gasteiger partial charge is 0.383 e. The van der Waals surface area contributed by atoms with Gasteiger partial charge in [-0.25, -0.2) is 0 Å². The van der Waals surface area contributed by atoms with Gasteiger partial charge in [0.05, 0.1) is 6.61 Å². The van der Waals surface area contributed by atoms with E-state index in [1.807, 2.05) is 18.2 Å². The van der Waals surface area contributed by atoms with E-state index in [0.717, 1.165) is 12.8 Å². The van der Waals surface area contributed by atoms with E-state index >= 15 is 0 Å². The number of ether oxygens (including phenoxy) is 1. The minimum absolute atomic E-state index is 0.0684. The van der Waals surface area contributed by atoms with Crippen LogP contribution in [0.1, 0.15) is 32.7 Å². The first-order valence-corrected chi connectivity index (χ1v) is 8.34. The molecule has 0 aliphatic rings. The van der Waals surface area contributed by atoms with Crippen molar-refractivity contribution in [3.05, 3.63) is 71.3 Å². The van der Waals surface area contributed by atoms with Crippen LogP contribution in [0.25, 0.3) is 0 Å². The highest BCUT2D eigenvalue weighted by atomic mass is 16.5. The van der Waals surface area contributed by atoms with Crippen molar-refractivity contribution in [2.45, 2.75) is 12.8 Å². The summed E-state index contributed by atoms with van der Waals surface area (Å²) in [7, 11) is 1.62. The average Bonchev–Trinajstić information content (AvgIpc) is 2.65. The van der Waals surface area contributed by atoms with Gasteiger partial charge in [0.15, 0.2) is 0 Å². The van der Waals surface area contributed by atoms with Crippen molar-refractivity contribution in [1.82, 2.24) is 4.90 Å². The maximum atomic E-state index is 12.7. The van der Waals surface area contributed by atoms with E-state index in [1.54, 1.807) is 36.3 Å². The minimum atomic E-state index is -0.502. The highest BCUT2D eigenvalue weighted by Gasteiger charge is 2.15. The third-order valence-electron chi connectivity index (χ3n) is 4.01. The second-order valence-corrected chi connectivity index (χ2v) is 5.82. The summed E-state index contributed by atoms with van der Waals surface area (Å²) in [6, 6.07) is 16.6. The van der Waals surface area contributed by atoms with Crippen LogP contribution in [0.5, 0.6) is 0 Å². The van der Waals surface area contributed by atoms with Gasteiger partial charge in [-0.05, 0) is 42.7 Å². The predicted molar refractivity (Wildman–Crippen MR) is 97.5 cm³/mol. The Morgan fingerprint density at radius 2 is 1.60 bits per heavy atom. The lowest BCUT2D eigenvalue weighted by atomic mass is 10.1. The van der Waals surface area contributed by atoms with Gasteiger partial charge in [-0.2, -0.15) is 0 Å². The zero-order chi connectivity index (χ0) is 18.1. The predicted octanol–water partition coefficient (Wildman–Crippen LogP) is 2.51. The molecule has 0 unspecified atom stereocenters. The normalized spacial score (nSPS) is 10.4. The lowest BCUT2D eigenvalue weighted by Crippen LogP contribution is -2.35. The Morgan fingerprint density at radius 1 is 0.960 bits per heavy atom. The summed E-state index contributed by atoms with van der Waals surface area (Å²) in [6.07, 6.45) is 1.79. The molecule has 2 aromatic carbocycles. The first kappa shape index (κ1) is 18.7. The Labute approximate surface area is 148 Å². The molecule has 0 aliphatic heterocycles. The zero-order valence-electron chi connectivity index (χ0n) is 14.5. The first-order valence-electron chi connectivity index (χ1n) is 8.34. The number of methoxy groups -OCH3 is 1. The number of aryl methyl sites for hydroxylation is 1. The fraction of sp³-hybridized carbons (Fsp3) is 0.300. The number of hydrogen-bond donors (Lipinski definition) is 1. The molecule has 0 saturated heterocycles. The van der Waals surface area contributed by atoms with Gasteiger partial charge in [-0.15, -0.1) is 0 Å². The molecule has 0 aliphatic carbocycles. The Bertz CT molecular complexity index is 684. The van der Waals surface area contributed by atoms with Crippen LogP contribution in [0.2, 0.25) is 0 Å². The molecule has 0 radical (unpaired) electrons. The number of nitrogens with zero attached hydrogens (tertiary/aromatic N) is 1. The molecule has 132 valence electrons. The number of carbonyl (C=O) groups is 2. The van der Waals surface area contributed by atoms with E-state index in [2.05, 4.69) is 12.1 Å². The number of primary amides is 1. The van der Waals surface area contributed by atoms with Crippen LogP contribution in [0.15, 0.2) is 54.6 Å². The van der Waals surface area contributed by atoms with Gasteiger partial charge >= 0.3 is 0 Å². The van der Waals surface area contributed by atoms with Crippen molar-refractivity contribution in [3.63, 3.8) is 0 Å². The second kappa shape index (κ2) is 9.59. The van der Waals surface area contributed by atoms with Gasteiger partial charge in [0.1, 0.15) is 0 Å². The van der Waals surface area contributed by atoms with Crippen molar-refractivity contribution in [2.75, 3.05) is 26.8 Å². The number of carbonyl (C=O) groups excluding carboxylic acids is 2. The van der Waals surface area contributed by atoms with Crippen LogP contribution >= 0.6 is 0 Å². The molecule has 25 heavy (non-hydrogen) atoms. The molecule has 5 heteroatoms. The molecular formula is C20H24N2O3. The van der Waals surface area contributed by atoms with Gasteiger partial charge in [-0.1, -0.05) is 30.3 Å². The van der Waals surface area contributed by atoms with E-state index < -0.39 is 5.91 Å². The number of rotatable bonds is 9. The number of hydrogen-bond acceptors (Lipinski definition) is 3. The Hall–Kier alpha value is -2.66. The third kappa shape index (κ3) is 5.72. The van der Waals surface area contributed by atoms with E-state index in [-0.39, 0.29) is 5.91 Å². The van der Waals surface area contributed by atoms with Crippen molar-refractivity contribution in [2.24, 2.45) is 5.73 Å². The van der Waals surface area contributed by atoms with Crippen LogP contribution in [-0.2, 0) is 11.2 Å². The summed E-state index contributed by atoms with van der Waals surface area (Å²) in [4.78, 5) is 25.7. The lowest BCUT2D eigenvalue weighted by Gasteiger charge is -2.22. The molecule has 0 fully saturated rings. The zero-order valence-corrected chi connectivity index (χ0v) is 14.5. The Balaban J connectivity index is 1.99. The molecule has 0 heterocycles. The van der Waals surface area contributed by atoms with Crippen LogP contribution in [0.3, 0.4) is 0 Å². The van der Waals surface area contributed by atoms with Crippen molar-refractivity contribution in [3.8, 4) is 0 Å². The number of benzene rings is 2. The molecule has 2 aromatic rings. The Morgan fingerprint density at radius 3 is 2.20 bits per heavy atom. The maximum absolute atomic E-state index is 12.7. The highest BCUT2D eigenvalue weighted by Crippen LogP contribution is 2.10. The monoisotopic (exact) mass is 340 g/mol. The minimum Gasteiger partial charge on any atom is -0.383 e. The van der Waals surface area contributed by atoms with Gasteiger partial charge < -0.3 is 15.4 Å². The molecule has 2 N–H and O–H groups in total. The quantitative estimate of drug-likeness (QED) is 0.762. The lowest BCUT2D eigenvalue weighted by molar-refractivity contribution is 0.0693. The third-order valence-corrected chi connectivity index (χ3v) is 4.01. The SMILES string of the molecule is COCCN(CCCc1ccccc1)C(=O)c1ccc(C(N)=O)cc1. The van der Waals surface area contributed by atoms with Crippen molar-refractivity contribution in [1.29, 1.82) is 0 Å². The second-order valence-electron chi connectivity index (χ2n) is 5.82. The van der Waals surface area contributed by atoms with Gasteiger partial charge in [0.25, 0.3) is 5.91 Å². The van der Waals surface area contributed by atoms with E-state index in [0.29, 0.717) is 30.8 Å².